The topological polar surface area (TPSA) is 15.3 Å². The van der Waals surface area contributed by atoms with Crippen LogP contribution in [0.2, 0.25) is 0 Å². The Morgan fingerprint density at radius 3 is 1.42 bits per heavy atom. The van der Waals surface area contributed by atoms with Crippen LogP contribution in [0.5, 0.6) is 0 Å². The molecule has 0 N–H and O–H groups in total. The molecule has 0 radical (unpaired) electrons. The van der Waals surface area contributed by atoms with E-state index >= 15 is 0 Å². The van der Waals surface area contributed by atoms with Gasteiger partial charge in [0.05, 0.1) is 48.4 Å². The van der Waals surface area contributed by atoms with E-state index in [1.807, 2.05) is 22.7 Å². The van der Waals surface area contributed by atoms with Gasteiger partial charge in [-0.3, -0.25) is 0 Å². The lowest BCUT2D eigenvalue weighted by molar-refractivity contribution is 0.798. The molecule has 4 nitrogen and oxygen atoms in total. The van der Waals surface area contributed by atoms with Gasteiger partial charge in [-0.05, 0) is 126 Å². The Morgan fingerprint density at radius 2 is 0.835 bits per heavy atom. The van der Waals surface area contributed by atoms with Crippen LogP contribution in [0.15, 0.2) is 255 Å². The number of anilines is 6. The summed E-state index contributed by atoms with van der Waals surface area (Å²) in [6, 6.07) is 95.1. The normalized spacial score (nSPS) is 13.7. The molecule has 1 atom stereocenters. The standard InChI is InChI=1S/C79H50N4S2/c1-47-36-41-67-65(42-47)75-55(49-19-15-25-53(44-49)81(51-22-6-3-7-23-51)69-33-17-30-61-57-27-10-13-35-73(57)85-79(61)69)38-40-59-64-45-70-63(46-71(64)83(67)77(59)75)58-39-37-54(74-62-28-8-11-31-66(62)82(70)76(58)74)48-18-14-24-52(43-48)80(50-20-4-2-5-21-50)68-32-16-29-60-56-26-9-12-34-72(56)84-78(60)68/h2-35,37-47H,36H2,1H3. The number of rotatable bonds is 8. The molecule has 0 amide bonds. The monoisotopic (exact) mass is 1120 g/mol. The fourth-order valence-corrected chi connectivity index (χ4v) is 17.2. The maximum Gasteiger partial charge on any atom is 0.0640 e. The van der Waals surface area contributed by atoms with Gasteiger partial charge in [0.25, 0.3) is 0 Å². The van der Waals surface area contributed by atoms with Crippen LogP contribution in [0.25, 0.3) is 140 Å². The van der Waals surface area contributed by atoms with E-state index in [0.717, 1.165) is 29.2 Å². The van der Waals surface area contributed by atoms with E-state index in [-0.39, 0.29) is 0 Å². The summed E-state index contributed by atoms with van der Waals surface area (Å²) in [5, 5.41) is 16.8. The molecule has 0 spiro atoms. The Hall–Kier alpha value is -10.2. The number of nitrogens with zero attached hydrogens (tertiary/aromatic N) is 4. The Kier molecular flexibility index (Phi) is 9.95. The third-order valence-electron chi connectivity index (χ3n) is 18.4. The molecule has 6 aromatic heterocycles. The van der Waals surface area contributed by atoms with E-state index in [1.165, 1.54) is 150 Å². The first kappa shape index (κ1) is 47.3. The van der Waals surface area contributed by atoms with Gasteiger partial charge in [0.1, 0.15) is 0 Å². The molecule has 0 fully saturated rings. The molecular weight excluding hydrogens is 1070 g/mol. The SMILES string of the molecule is CC1C=c2c(n3c4cc5c6ccc(-c7cccc(N(c8ccccc8)c8cccc9c8sc8ccccc89)c7)c7c8ccccc8n(c5cc4c4ccc(-c5cccc(N(c8ccccc8)c8cccc9c8sc8ccccc89)c5)c2c43)c67)=CC1. The van der Waals surface area contributed by atoms with Crippen LogP contribution in [0.4, 0.5) is 34.1 Å². The summed E-state index contributed by atoms with van der Waals surface area (Å²) in [6.45, 7) is 2.36. The van der Waals surface area contributed by atoms with Gasteiger partial charge >= 0.3 is 0 Å². The zero-order chi connectivity index (χ0) is 55.6. The highest BCUT2D eigenvalue weighted by molar-refractivity contribution is 7.26. The molecule has 1 aliphatic carbocycles. The molecule has 0 aliphatic heterocycles. The Morgan fingerprint density at radius 1 is 0.365 bits per heavy atom. The van der Waals surface area contributed by atoms with E-state index in [0.29, 0.717) is 5.92 Å². The average Bonchev–Trinajstić information content (AvgIpc) is 1.88. The van der Waals surface area contributed by atoms with Gasteiger partial charge in [0.15, 0.2) is 0 Å². The molecule has 12 aromatic carbocycles. The first-order valence-electron chi connectivity index (χ1n) is 29.5. The third-order valence-corrected chi connectivity index (χ3v) is 20.8. The van der Waals surface area contributed by atoms with Crippen LogP contribution in [0, 0.1) is 5.92 Å². The molecular formula is C79H50N4S2. The molecule has 18 aromatic rings. The lowest BCUT2D eigenvalue weighted by Crippen LogP contribution is -2.29. The second-order valence-electron chi connectivity index (χ2n) is 23.2. The summed E-state index contributed by atoms with van der Waals surface area (Å²) in [7, 11) is 0. The molecule has 85 heavy (non-hydrogen) atoms. The fraction of sp³-hybridized carbons (Fsp3) is 0.0380. The third kappa shape index (κ3) is 6.72. The van der Waals surface area contributed by atoms with Crippen molar-refractivity contribution in [2.75, 3.05) is 9.80 Å². The predicted molar refractivity (Wildman–Crippen MR) is 366 cm³/mol. The first-order valence-corrected chi connectivity index (χ1v) is 31.1. The minimum absolute atomic E-state index is 0.424. The second kappa shape index (κ2) is 17.9. The average molecular weight is 1120 g/mol. The van der Waals surface area contributed by atoms with Gasteiger partial charge in [-0.2, -0.15) is 0 Å². The lowest BCUT2D eigenvalue weighted by atomic mass is 9.94. The van der Waals surface area contributed by atoms with E-state index in [9.17, 15) is 0 Å². The Bertz CT molecular complexity index is 5920. The number of fused-ring (bicyclic) bond motifs is 18. The van der Waals surface area contributed by atoms with E-state index in [2.05, 4.69) is 292 Å². The van der Waals surface area contributed by atoms with Crippen LogP contribution < -0.4 is 20.4 Å². The maximum atomic E-state index is 2.62. The number of hydrogen-bond acceptors (Lipinski definition) is 4. The Balaban J connectivity index is 0.797. The van der Waals surface area contributed by atoms with Gasteiger partial charge in [-0.15, -0.1) is 22.7 Å². The highest BCUT2D eigenvalue weighted by atomic mass is 32.1. The maximum absolute atomic E-state index is 2.62. The summed E-state index contributed by atoms with van der Waals surface area (Å²) in [6.07, 6.45) is 6.06. The van der Waals surface area contributed by atoms with Crippen molar-refractivity contribution in [2.24, 2.45) is 5.92 Å². The zero-order valence-electron chi connectivity index (χ0n) is 46.3. The molecule has 0 saturated heterocycles. The van der Waals surface area contributed by atoms with Crippen LogP contribution >= 0.6 is 22.7 Å². The van der Waals surface area contributed by atoms with Crippen molar-refractivity contribution in [3.63, 3.8) is 0 Å². The van der Waals surface area contributed by atoms with Gasteiger partial charge < -0.3 is 18.6 Å². The summed E-state index contributed by atoms with van der Waals surface area (Å²) < 4.78 is 10.4. The van der Waals surface area contributed by atoms with Gasteiger partial charge in [0, 0.05) is 102 Å². The van der Waals surface area contributed by atoms with Crippen LogP contribution in [-0.4, -0.2) is 8.80 Å². The molecule has 1 unspecified atom stereocenters. The summed E-state index contributed by atoms with van der Waals surface area (Å²) in [4.78, 5) is 4.91. The number of benzene rings is 12. The lowest BCUT2D eigenvalue weighted by Gasteiger charge is -2.26. The van der Waals surface area contributed by atoms with Crippen molar-refractivity contribution in [3.8, 4) is 22.3 Å². The number of thiophene rings is 2. The quantitative estimate of drug-likeness (QED) is 0.151. The smallest absolute Gasteiger partial charge is 0.0640 e. The van der Waals surface area contributed by atoms with Crippen LogP contribution in [0.3, 0.4) is 0 Å². The van der Waals surface area contributed by atoms with Crippen molar-refractivity contribution < 1.29 is 0 Å². The summed E-state index contributed by atoms with van der Waals surface area (Å²) in [5.41, 5.74) is 18.1. The first-order chi connectivity index (χ1) is 42.1. The second-order valence-corrected chi connectivity index (χ2v) is 25.3. The van der Waals surface area contributed by atoms with Gasteiger partial charge in [-0.1, -0.05) is 183 Å². The van der Waals surface area contributed by atoms with Crippen molar-refractivity contribution in [1.82, 2.24) is 8.80 Å². The fourth-order valence-electron chi connectivity index (χ4n) is 14.8. The zero-order valence-corrected chi connectivity index (χ0v) is 47.9. The number of hydrogen-bond donors (Lipinski definition) is 0. The molecule has 0 saturated carbocycles. The number of para-hydroxylation sites is 3. The minimum Gasteiger partial charge on any atom is -0.309 e. The van der Waals surface area contributed by atoms with Crippen molar-refractivity contribution >= 4 is 175 Å². The molecule has 1 aliphatic rings. The highest BCUT2D eigenvalue weighted by Crippen LogP contribution is 2.50. The van der Waals surface area contributed by atoms with Crippen molar-refractivity contribution in [3.05, 3.63) is 265 Å². The largest absolute Gasteiger partial charge is 0.309 e. The van der Waals surface area contributed by atoms with E-state index in [4.69, 9.17) is 0 Å². The predicted octanol–water partition coefficient (Wildman–Crippen LogP) is 21.4. The van der Waals surface area contributed by atoms with Crippen LogP contribution in [-0.2, 0) is 0 Å². The molecule has 6 heterocycles. The highest BCUT2D eigenvalue weighted by Gasteiger charge is 2.27. The van der Waals surface area contributed by atoms with Crippen molar-refractivity contribution in [1.29, 1.82) is 0 Å². The van der Waals surface area contributed by atoms with E-state index < -0.39 is 0 Å². The van der Waals surface area contributed by atoms with Crippen molar-refractivity contribution in [2.45, 2.75) is 13.3 Å². The van der Waals surface area contributed by atoms with Gasteiger partial charge in [-0.25, -0.2) is 0 Å². The molecule has 398 valence electrons. The number of aromatic nitrogens is 2. The van der Waals surface area contributed by atoms with Crippen LogP contribution in [0.1, 0.15) is 13.3 Å². The summed E-state index contributed by atoms with van der Waals surface area (Å²) >= 11 is 3.75. The Labute approximate surface area is 496 Å². The van der Waals surface area contributed by atoms with E-state index in [1.54, 1.807) is 0 Å². The summed E-state index contributed by atoms with van der Waals surface area (Å²) in [5.74, 6) is 0.424. The minimum atomic E-state index is 0.424. The molecule has 19 rings (SSSR count). The van der Waals surface area contributed by atoms with Gasteiger partial charge in [0.2, 0.25) is 0 Å². The molecule has 6 heteroatoms. The molecule has 0 bridgehead atoms.